The number of nitrogens with zero attached hydrogens (tertiary/aromatic N) is 1. The average Bonchev–Trinajstić information content (AvgIpc) is 3.25. The van der Waals surface area contributed by atoms with Crippen LogP contribution >= 0.6 is 0 Å². The molecule has 0 radical (unpaired) electrons. The van der Waals surface area contributed by atoms with Crippen LogP contribution in [-0.4, -0.2) is 30.0 Å². The molecule has 0 saturated heterocycles. The number of carbonyl (C=O) groups is 2. The Morgan fingerprint density at radius 1 is 1.18 bits per heavy atom. The van der Waals surface area contributed by atoms with E-state index in [0.29, 0.717) is 0 Å². The van der Waals surface area contributed by atoms with Crippen molar-refractivity contribution >= 4 is 18.0 Å². The number of ether oxygens (including phenoxy) is 1. The third-order valence-corrected chi connectivity index (χ3v) is 6.21. The van der Waals surface area contributed by atoms with Crippen LogP contribution < -0.4 is 5.32 Å². The molecule has 5 heteroatoms. The molecule has 1 N–H and O–H groups in total. The van der Waals surface area contributed by atoms with E-state index in [1.54, 1.807) is 13.1 Å². The number of nitrogens with one attached hydrogen (secondary N) is 1. The number of aryl methyl sites for hydroxylation is 1. The number of likely N-dealkylation sites (N-methyl/N-ethyl adjacent to an activating group) is 1. The molecule has 0 unspecified atom stereocenters. The first-order valence-corrected chi connectivity index (χ1v) is 10.7. The molecule has 2 saturated carbocycles. The van der Waals surface area contributed by atoms with Gasteiger partial charge < -0.3 is 10.1 Å². The number of amides is 1. The Balaban J connectivity index is 1.60. The molecule has 5 nitrogen and oxygen atoms in total. The summed E-state index contributed by atoms with van der Waals surface area (Å²) in [5.74, 6) is -0.108. The Hall–Kier alpha value is -2.17. The number of carbonyl (C=O) groups excluding carboxylic acids is 2. The van der Waals surface area contributed by atoms with Crippen molar-refractivity contribution in [2.75, 3.05) is 7.05 Å². The van der Waals surface area contributed by atoms with Gasteiger partial charge in [0.2, 0.25) is 5.91 Å². The van der Waals surface area contributed by atoms with Gasteiger partial charge in [-0.15, -0.1) is 0 Å². The van der Waals surface area contributed by atoms with Gasteiger partial charge in [-0.2, -0.15) is 0 Å². The third-order valence-electron chi connectivity index (χ3n) is 6.21. The summed E-state index contributed by atoms with van der Waals surface area (Å²) in [5, 5.41) is 2.55. The zero-order valence-electron chi connectivity index (χ0n) is 16.9. The van der Waals surface area contributed by atoms with E-state index in [1.807, 2.05) is 18.3 Å². The third kappa shape index (κ3) is 5.43. The van der Waals surface area contributed by atoms with Gasteiger partial charge in [-0.25, -0.2) is 0 Å². The van der Waals surface area contributed by atoms with Crippen molar-refractivity contribution in [2.45, 2.75) is 76.7 Å². The summed E-state index contributed by atoms with van der Waals surface area (Å²) in [6.45, 7) is 0. The Kier molecular flexibility index (Phi) is 7.24. The smallest absolute Gasteiger partial charge is 0.312 e. The van der Waals surface area contributed by atoms with Crippen LogP contribution in [0.5, 0.6) is 0 Å². The van der Waals surface area contributed by atoms with E-state index in [4.69, 9.17) is 4.74 Å². The van der Waals surface area contributed by atoms with Crippen molar-refractivity contribution in [2.24, 2.45) is 5.41 Å². The van der Waals surface area contributed by atoms with Gasteiger partial charge in [0.15, 0.2) is 0 Å². The van der Waals surface area contributed by atoms with Crippen molar-refractivity contribution < 1.29 is 14.3 Å². The summed E-state index contributed by atoms with van der Waals surface area (Å²) in [5.41, 5.74) is 1.55. The summed E-state index contributed by atoms with van der Waals surface area (Å²) in [4.78, 5) is 28.7. The molecule has 0 aliphatic heterocycles. The molecular weight excluding hydrogens is 352 g/mol. The number of hydrogen-bond donors (Lipinski definition) is 1. The van der Waals surface area contributed by atoms with Gasteiger partial charge in [0.25, 0.3) is 0 Å². The SMILES string of the molecule is CNC(=O)/C=C/c1ccc(CCC2(C(=O)OC3CCCC3)CCCCC2)cn1. The molecule has 2 fully saturated rings. The first-order valence-electron chi connectivity index (χ1n) is 10.7. The van der Waals surface area contributed by atoms with Crippen molar-refractivity contribution in [1.82, 2.24) is 10.3 Å². The minimum atomic E-state index is -0.321. The van der Waals surface area contributed by atoms with Gasteiger partial charge >= 0.3 is 5.97 Å². The molecule has 1 aromatic rings. The Bertz CT molecular complexity index is 684. The molecule has 0 atom stereocenters. The number of pyridine rings is 1. The monoisotopic (exact) mass is 384 g/mol. The van der Waals surface area contributed by atoms with Crippen LogP contribution in [-0.2, 0) is 20.7 Å². The van der Waals surface area contributed by atoms with Crippen molar-refractivity contribution in [3.63, 3.8) is 0 Å². The molecule has 1 heterocycles. The van der Waals surface area contributed by atoms with E-state index in [1.165, 1.54) is 25.3 Å². The highest BCUT2D eigenvalue weighted by Crippen LogP contribution is 2.42. The van der Waals surface area contributed by atoms with Crippen LogP contribution in [0.4, 0.5) is 0 Å². The van der Waals surface area contributed by atoms with Crippen LogP contribution in [0.15, 0.2) is 24.4 Å². The lowest BCUT2D eigenvalue weighted by Crippen LogP contribution is -2.37. The quantitative estimate of drug-likeness (QED) is 0.565. The number of rotatable bonds is 7. The maximum atomic E-state index is 13.0. The zero-order valence-corrected chi connectivity index (χ0v) is 16.9. The Morgan fingerprint density at radius 3 is 2.57 bits per heavy atom. The van der Waals surface area contributed by atoms with Gasteiger partial charge in [-0.3, -0.25) is 14.6 Å². The lowest BCUT2D eigenvalue weighted by atomic mass is 9.70. The van der Waals surface area contributed by atoms with Gasteiger partial charge in [-0.05, 0) is 69.1 Å². The van der Waals surface area contributed by atoms with Crippen LogP contribution in [0.3, 0.4) is 0 Å². The zero-order chi connectivity index (χ0) is 19.8. The predicted octanol–water partition coefficient (Wildman–Crippen LogP) is 4.21. The lowest BCUT2D eigenvalue weighted by molar-refractivity contribution is -0.164. The van der Waals surface area contributed by atoms with Crippen molar-refractivity contribution in [1.29, 1.82) is 0 Å². The second-order valence-electron chi connectivity index (χ2n) is 8.19. The van der Waals surface area contributed by atoms with Crippen LogP contribution in [0.1, 0.15) is 75.5 Å². The van der Waals surface area contributed by atoms with Gasteiger partial charge in [0, 0.05) is 19.3 Å². The van der Waals surface area contributed by atoms with Crippen LogP contribution in [0.25, 0.3) is 6.08 Å². The normalized spacial score (nSPS) is 19.6. The van der Waals surface area contributed by atoms with Crippen molar-refractivity contribution in [3.8, 4) is 0 Å². The van der Waals surface area contributed by atoms with E-state index < -0.39 is 0 Å². The van der Waals surface area contributed by atoms with E-state index in [-0.39, 0.29) is 23.4 Å². The predicted molar refractivity (Wildman–Crippen MR) is 110 cm³/mol. The lowest BCUT2D eigenvalue weighted by Gasteiger charge is -2.36. The Morgan fingerprint density at radius 2 is 1.93 bits per heavy atom. The highest BCUT2D eigenvalue weighted by molar-refractivity contribution is 5.91. The van der Waals surface area contributed by atoms with E-state index in [9.17, 15) is 9.59 Å². The second-order valence-corrected chi connectivity index (χ2v) is 8.19. The fourth-order valence-electron chi connectivity index (χ4n) is 4.38. The average molecular weight is 385 g/mol. The summed E-state index contributed by atoms with van der Waals surface area (Å²) in [7, 11) is 1.60. The largest absolute Gasteiger partial charge is 0.462 e. The number of hydrogen-bond acceptors (Lipinski definition) is 4. The molecule has 0 aromatic carbocycles. The van der Waals surface area contributed by atoms with Crippen molar-refractivity contribution in [3.05, 3.63) is 35.7 Å². The fourth-order valence-corrected chi connectivity index (χ4v) is 4.38. The van der Waals surface area contributed by atoms with E-state index >= 15 is 0 Å². The molecule has 3 rings (SSSR count). The first kappa shape index (κ1) is 20.6. The molecule has 2 aliphatic carbocycles. The van der Waals surface area contributed by atoms with Gasteiger partial charge in [0.1, 0.15) is 6.10 Å². The molecule has 152 valence electrons. The topological polar surface area (TPSA) is 68.3 Å². The van der Waals surface area contributed by atoms with Crippen LogP contribution in [0, 0.1) is 5.41 Å². The molecule has 2 aliphatic rings. The number of esters is 1. The molecule has 28 heavy (non-hydrogen) atoms. The summed E-state index contributed by atoms with van der Waals surface area (Å²) in [6, 6.07) is 3.95. The van der Waals surface area contributed by atoms with Crippen LogP contribution in [0.2, 0.25) is 0 Å². The number of aromatic nitrogens is 1. The Labute approximate surface area is 168 Å². The molecular formula is C23H32N2O3. The highest BCUT2D eigenvalue weighted by atomic mass is 16.5. The minimum Gasteiger partial charge on any atom is -0.462 e. The molecule has 0 bridgehead atoms. The van der Waals surface area contributed by atoms with Gasteiger partial charge in [-0.1, -0.05) is 25.3 Å². The second kappa shape index (κ2) is 9.85. The maximum absolute atomic E-state index is 13.0. The molecule has 1 aromatic heterocycles. The molecule has 1 amide bonds. The minimum absolute atomic E-state index is 0.0391. The summed E-state index contributed by atoms with van der Waals surface area (Å²) >= 11 is 0. The molecule has 0 spiro atoms. The standard InChI is InChI=1S/C23H32N2O3/c1-24-21(26)12-11-19-10-9-18(17-25-19)13-16-23(14-5-2-6-15-23)22(27)28-20-7-3-4-8-20/h9-12,17,20H,2-8,13-16H2,1H3,(H,24,26)/b12-11+. The summed E-state index contributed by atoms with van der Waals surface area (Å²) < 4.78 is 5.93. The van der Waals surface area contributed by atoms with Gasteiger partial charge in [0.05, 0.1) is 11.1 Å². The first-order chi connectivity index (χ1) is 13.6. The summed E-state index contributed by atoms with van der Waals surface area (Å²) in [6.07, 6.45) is 16.5. The maximum Gasteiger partial charge on any atom is 0.312 e. The van der Waals surface area contributed by atoms with E-state index in [0.717, 1.165) is 62.6 Å². The fraction of sp³-hybridized carbons (Fsp3) is 0.609. The highest BCUT2D eigenvalue weighted by Gasteiger charge is 2.41. The van der Waals surface area contributed by atoms with E-state index in [2.05, 4.69) is 10.3 Å².